The summed E-state index contributed by atoms with van der Waals surface area (Å²) in [5.41, 5.74) is 0. The standard InChI is InChI=1S/C3H8O.BF4/c1-3-4-2;2-1(3,4)5/h3H2,1-2H3;/q;-1. The van der Waals surface area contributed by atoms with Gasteiger partial charge in [0.15, 0.2) is 0 Å². The summed E-state index contributed by atoms with van der Waals surface area (Å²) in [6.07, 6.45) is 0. The second-order valence-electron chi connectivity index (χ2n) is 1.07. The lowest BCUT2D eigenvalue weighted by atomic mass is 10.3. The van der Waals surface area contributed by atoms with E-state index in [1.807, 2.05) is 6.92 Å². The number of hydrogen-bond donors (Lipinski definition) is 0. The highest BCUT2D eigenvalue weighted by atomic mass is 19.5. The van der Waals surface area contributed by atoms with Crippen molar-refractivity contribution in [3.05, 3.63) is 0 Å². The lowest BCUT2D eigenvalue weighted by Crippen LogP contribution is -2.02. The topological polar surface area (TPSA) is 9.23 Å². The van der Waals surface area contributed by atoms with Crippen molar-refractivity contribution < 1.29 is 22.0 Å². The number of hydrogen-bond acceptors (Lipinski definition) is 1. The molecule has 0 aliphatic carbocycles. The molecule has 0 aromatic rings. The van der Waals surface area contributed by atoms with Crippen LogP contribution < -0.4 is 0 Å². The molecule has 0 aromatic heterocycles. The van der Waals surface area contributed by atoms with Crippen LogP contribution >= 0.6 is 0 Å². The van der Waals surface area contributed by atoms with E-state index in [4.69, 9.17) is 0 Å². The molecule has 0 N–H and O–H groups in total. The molecule has 9 heavy (non-hydrogen) atoms. The average Bonchev–Trinajstić information content (AvgIpc) is 1.61. The van der Waals surface area contributed by atoms with Crippen molar-refractivity contribution in [1.29, 1.82) is 0 Å². The fourth-order valence-electron chi connectivity index (χ4n) is 0. The monoisotopic (exact) mass is 147 g/mol. The second-order valence-corrected chi connectivity index (χ2v) is 1.07. The van der Waals surface area contributed by atoms with Gasteiger partial charge >= 0.3 is 7.25 Å². The van der Waals surface area contributed by atoms with E-state index in [-0.39, 0.29) is 0 Å². The molecule has 0 atom stereocenters. The van der Waals surface area contributed by atoms with Crippen molar-refractivity contribution in [1.82, 2.24) is 0 Å². The van der Waals surface area contributed by atoms with E-state index in [1.165, 1.54) is 0 Å². The van der Waals surface area contributed by atoms with Gasteiger partial charge in [-0.05, 0) is 6.92 Å². The molecule has 0 heterocycles. The Morgan fingerprint density at radius 3 is 1.33 bits per heavy atom. The summed E-state index contributed by atoms with van der Waals surface area (Å²) in [5, 5.41) is 0. The Hall–Kier alpha value is -0.255. The van der Waals surface area contributed by atoms with Gasteiger partial charge in [-0.2, -0.15) is 0 Å². The van der Waals surface area contributed by atoms with Crippen LogP contribution in [-0.4, -0.2) is 21.0 Å². The van der Waals surface area contributed by atoms with E-state index in [9.17, 15) is 17.3 Å². The lowest BCUT2D eigenvalue weighted by molar-refractivity contribution is 0.215. The Balaban J connectivity index is 0. The Bertz CT molecular complexity index is 46.3. The van der Waals surface area contributed by atoms with Crippen molar-refractivity contribution in [3.63, 3.8) is 0 Å². The van der Waals surface area contributed by atoms with Gasteiger partial charge in [-0.3, -0.25) is 0 Å². The molecule has 0 unspecified atom stereocenters. The first-order chi connectivity index (χ1) is 3.91. The zero-order valence-electron chi connectivity index (χ0n) is 5.20. The van der Waals surface area contributed by atoms with Crippen LogP contribution in [0.15, 0.2) is 0 Å². The molecule has 0 bridgehead atoms. The number of methoxy groups -OCH3 is 1. The molecule has 58 valence electrons. The van der Waals surface area contributed by atoms with Crippen LogP contribution in [0.4, 0.5) is 17.3 Å². The first-order valence-electron chi connectivity index (χ1n) is 2.28. The summed E-state index contributed by atoms with van der Waals surface area (Å²) in [7, 11) is -4.32. The molecular weight excluding hydrogens is 139 g/mol. The van der Waals surface area contributed by atoms with Gasteiger partial charge in [-0.15, -0.1) is 0 Å². The van der Waals surface area contributed by atoms with Crippen LogP contribution in [-0.2, 0) is 4.74 Å². The Morgan fingerprint density at radius 1 is 1.22 bits per heavy atom. The van der Waals surface area contributed by atoms with Crippen LogP contribution in [0.2, 0.25) is 0 Å². The highest BCUT2D eigenvalue weighted by molar-refractivity contribution is 6.50. The fraction of sp³-hybridized carbons (Fsp3) is 1.00. The summed E-state index contributed by atoms with van der Waals surface area (Å²) >= 11 is 0. The summed E-state index contributed by atoms with van der Waals surface area (Å²) in [6.45, 7) is 2.78. The van der Waals surface area contributed by atoms with Crippen LogP contribution in [0.3, 0.4) is 0 Å². The highest BCUT2D eigenvalue weighted by Crippen LogP contribution is 2.06. The summed E-state index contributed by atoms with van der Waals surface area (Å²) in [4.78, 5) is 0. The Labute approximate surface area is 51.1 Å². The minimum atomic E-state index is -6.00. The predicted molar refractivity (Wildman–Crippen MR) is 27.7 cm³/mol. The van der Waals surface area contributed by atoms with Gasteiger partial charge in [0.25, 0.3) is 0 Å². The van der Waals surface area contributed by atoms with E-state index in [2.05, 4.69) is 4.74 Å². The van der Waals surface area contributed by atoms with Gasteiger partial charge in [0, 0.05) is 13.7 Å². The molecule has 0 spiro atoms. The third kappa shape index (κ3) is 461. The molecular formula is C3H8BF4O-. The van der Waals surface area contributed by atoms with Gasteiger partial charge in [-0.1, -0.05) is 0 Å². The van der Waals surface area contributed by atoms with Crippen molar-refractivity contribution in [3.8, 4) is 0 Å². The maximum Gasteiger partial charge on any atom is 0.673 e. The van der Waals surface area contributed by atoms with Crippen LogP contribution in [0.25, 0.3) is 0 Å². The van der Waals surface area contributed by atoms with Crippen molar-refractivity contribution >= 4 is 7.25 Å². The molecule has 0 fully saturated rings. The molecule has 0 saturated heterocycles. The Morgan fingerprint density at radius 2 is 1.33 bits per heavy atom. The van der Waals surface area contributed by atoms with E-state index in [1.54, 1.807) is 7.11 Å². The van der Waals surface area contributed by atoms with E-state index >= 15 is 0 Å². The van der Waals surface area contributed by atoms with Crippen molar-refractivity contribution in [2.75, 3.05) is 13.7 Å². The van der Waals surface area contributed by atoms with Crippen LogP contribution in [0.5, 0.6) is 0 Å². The summed E-state index contributed by atoms with van der Waals surface area (Å²) in [6, 6.07) is 0. The number of rotatable bonds is 1. The summed E-state index contributed by atoms with van der Waals surface area (Å²) < 4.78 is 43.5. The zero-order valence-corrected chi connectivity index (χ0v) is 5.20. The quantitative estimate of drug-likeness (QED) is 0.406. The van der Waals surface area contributed by atoms with Gasteiger partial charge < -0.3 is 22.0 Å². The third-order valence-corrected chi connectivity index (χ3v) is 0.289. The molecule has 0 rings (SSSR count). The van der Waals surface area contributed by atoms with Gasteiger partial charge in [0.1, 0.15) is 0 Å². The van der Waals surface area contributed by atoms with Gasteiger partial charge in [-0.25, -0.2) is 0 Å². The minimum Gasteiger partial charge on any atom is -0.418 e. The van der Waals surface area contributed by atoms with Gasteiger partial charge in [0.2, 0.25) is 0 Å². The SMILES string of the molecule is CCOC.F[B-](F)(F)F. The number of ether oxygens (including phenoxy) is 1. The molecule has 1 nitrogen and oxygen atoms in total. The van der Waals surface area contributed by atoms with E-state index in [0.29, 0.717) is 0 Å². The molecule has 6 heteroatoms. The molecule has 0 aliphatic rings. The molecule has 0 saturated carbocycles. The summed E-state index contributed by atoms with van der Waals surface area (Å²) in [5.74, 6) is 0. The molecule has 0 amide bonds. The third-order valence-electron chi connectivity index (χ3n) is 0.289. The second kappa shape index (κ2) is 5.87. The smallest absolute Gasteiger partial charge is 0.418 e. The van der Waals surface area contributed by atoms with Crippen molar-refractivity contribution in [2.24, 2.45) is 0 Å². The predicted octanol–water partition coefficient (Wildman–Crippen LogP) is 1.95. The average molecular weight is 147 g/mol. The molecule has 0 radical (unpaired) electrons. The fourth-order valence-corrected chi connectivity index (χ4v) is 0. The highest BCUT2D eigenvalue weighted by Gasteiger charge is 2.20. The first-order valence-corrected chi connectivity index (χ1v) is 2.28. The molecule has 0 aliphatic heterocycles. The van der Waals surface area contributed by atoms with E-state index < -0.39 is 7.25 Å². The normalized spacial score (nSPS) is 10.0. The van der Waals surface area contributed by atoms with Crippen LogP contribution in [0, 0.1) is 0 Å². The molecule has 0 aromatic carbocycles. The first kappa shape index (κ1) is 11.5. The Kier molecular flexibility index (Phi) is 7.53. The van der Waals surface area contributed by atoms with E-state index in [0.717, 1.165) is 6.61 Å². The lowest BCUT2D eigenvalue weighted by Gasteiger charge is -1.94. The zero-order chi connectivity index (χ0) is 7.91. The number of halogens is 4. The van der Waals surface area contributed by atoms with Gasteiger partial charge in [0.05, 0.1) is 0 Å². The van der Waals surface area contributed by atoms with Crippen LogP contribution in [0.1, 0.15) is 6.92 Å². The maximum absolute atomic E-state index is 9.75. The van der Waals surface area contributed by atoms with Crippen molar-refractivity contribution in [2.45, 2.75) is 6.92 Å². The minimum absolute atomic E-state index is 0.819. The maximum atomic E-state index is 9.75. The largest absolute Gasteiger partial charge is 0.673 e.